The highest BCUT2D eigenvalue weighted by Gasteiger charge is 2.31. The van der Waals surface area contributed by atoms with Crippen molar-refractivity contribution in [2.24, 2.45) is 0 Å². The van der Waals surface area contributed by atoms with Crippen molar-refractivity contribution in [1.82, 2.24) is 5.32 Å². The minimum Gasteiger partial charge on any atom is -0.497 e. The second kappa shape index (κ2) is 3.35. The average molecular weight is 205 g/mol. The van der Waals surface area contributed by atoms with Crippen molar-refractivity contribution in [3.8, 4) is 5.75 Å². The molecule has 1 aliphatic rings. The van der Waals surface area contributed by atoms with Crippen LogP contribution < -0.4 is 10.1 Å². The van der Waals surface area contributed by atoms with E-state index in [4.69, 9.17) is 4.74 Å². The number of methoxy groups -OCH3 is 1. The molecule has 1 aliphatic heterocycles. The predicted molar refractivity (Wildman–Crippen MR) is 58.4 cm³/mol. The zero-order valence-corrected chi connectivity index (χ0v) is 9.26. The third kappa shape index (κ3) is 1.63. The summed E-state index contributed by atoms with van der Waals surface area (Å²) < 4.78 is 5.17. The maximum atomic E-state index is 11.7. The van der Waals surface area contributed by atoms with Gasteiger partial charge in [0.1, 0.15) is 5.75 Å². The summed E-state index contributed by atoms with van der Waals surface area (Å²) in [6, 6.07) is 5.61. The maximum Gasteiger partial charge on any atom is 0.176 e. The summed E-state index contributed by atoms with van der Waals surface area (Å²) in [7, 11) is 1.63. The molecule has 0 bridgehead atoms. The number of ether oxygens (including phenoxy) is 1. The van der Waals surface area contributed by atoms with Crippen LogP contribution in [0.25, 0.3) is 0 Å². The van der Waals surface area contributed by atoms with Crippen LogP contribution in [0.15, 0.2) is 18.2 Å². The Morgan fingerprint density at radius 2 is 2.13 bits per heavy atom. The Hall–Kier alpha value is -1.35. The minimum absolute atomic E-state index is 0.145. The van der Waals surface area contributed by atoms with Gasteiger partial charge in [-0.3, -0.25) is 4.79 Å². The molecule has 0 saturated heterocycles. The summed E-state index contributed by atoms with van der Waals surface area (Å²) in [5.74, 6) is 0.935. The van der Waals surface area contributed by atoms with Crippen LogP contribution in [-0.2, 0) is 5.54 Å². The quantitative estimate of drug-likeness (QED) is 0.758. The van der Waals surface area contributed by atoms with Crippen LogP contribution >= 0.6 is 0 Å². The molecular formula is C12H15NO2. The van der Waals surface area contributed by atoms with Gasteiger partial charge in [-0.15, -0.1) is 0 Å². The zero-order valence-electron chi connectivity index (χ0n) is 9.26. The van der Waals surface area contributed by atoms with E-state index in [1.54, 1.807) is 7.11 Å². The molecule has 0 fully saturated rings. The molecule has 1 aromatic rings. The van der Waals surface area contributed by atoms with Crippen LogP contribution in [0, 0.1) is 0 Å². The van der Waals surface area contributed by atoms with Crippen molar-refractivity contribution >= 4 is 5.78 Å². The number of carbonyl (C=O) groups excluding carboxylic acids is 1. The van der Waals surface area contributed by atoms with E-state index in [0.29, 0.717) is 6.54 Å². The molecule has 0 amide bonds. The van der Waals surface area contributed by atoms with Gasteiger partial charge in [0, 0.05) is 11.1 Å². The zero-order chi connectivity index (χ0) is 11.1. The summed E-state index contributed by atoms with van der Waals surface area (Å²) in [4.78, 5) is 11.7. The normalized spacial score (nSPS) is 18.5. The molecule has 1 N–H and O–H groups in total. The number of nitrogens with one attached hydrogen (secondary N) is 1. The van der Waals surface area contributed by atoms with E-state index in [2.05, 4.69) is 19.2 Å². The van der Waals surface area contributed by atoms with Gasteiger partial charge in [-0.25, -0.2) is 0 Å². The number of benzene rings is 1. The van der Waals surface area contributed by atoms with Crippen molar-refractivity contribution in [1.29, 1.82) is 0 Å². The number of fused-ring (bicyclic) bond motifs is 1. The fourth-order valence-electron chi connectivity index (χ4n) is 1.90. The molecule has 80 valence electrons. The van der Waals surface area contributed by atoms with Crippen LogP contribution in [0.5, 0.6) is 5.75 Å². The van der Waals surface area contributed by atoms with Crippen LogP contribution in [0.1, 0.15) is 29.8 Å². The Bertz CT molecular complexity index is 410. The maximum absolute atomic E-state index is 11.7. The van der Waals surface area contributed by atoms with Gasteiger partial charge >= 0.3 is 0 Å². The summed E-state index contributed by atoms with van der Waals surface area (Å²) in [5.41, 5.74) is 1.65. The predicted octanol–water partition coefficient (Wildman–Crippen LogP) is 1.72. The van der Waals surface area contributed by atoms with E-state index in [9.17, 15) is 4.79 Å². The Labute approximate surface area is 89.4 Å². The van der Waals surface area contributed by atoms with Gasteiger partial charge in [0.15, 0.2) is 5.78 Å². The summed E-state index contributed by atoms with van der Waals surface area (Å²) >= 11 is 0. The molecule has 0 aliphatic carbocycles. The Balaban J connectivity index is 2.58. The number of Topliss-reactive ketones (excluding diaryl/α,β-unsaturated/α-hetero) is 1. The second-order valence-corrected chi connectivity index (χ2v) is 4.31. The minimum atomic E-state index is -0.169. The first-order chi connectivity index (χ1) is 7.04. The molecule has 0 radical (unpaired) electrons. The first-order valence-corrected chi connectivity index (χ1v) is 5.01. The standard InChI is InChI=1S/C12H15NO2/c1-12(2)10-6-8(15-3)4-5-9(10)11(14)7-13-12/h4-6,13H,7H2,1-3H3. The smallest absolute Gasteiger partial charge is 0.176 e. The highest BCUT2D eigenvalue weighted by Crippen LogP contribution is 2.30. The first kappa shape index (κ1) is 10.2. The lowest BCUT2D eigenvalue weighted by Gasteiger charge is -2.33. The van der Waals surface area contributed by atoms with Crippen LogP contribution in [0.4, 0.5) is 0 Å². The van der Waals surface area contributed by atoms with Gasteiger partial charge in [-0.2, -0.15) is 0 Å². The number of hydrogen-bond acceptors (Lipinski definition) is 3. The van der Waals surface area contributed by atoms with E-state index in [1.807, 2.05) is 18.2 Å². The molecule has 1 aromatic carbocycles. The van der Waals surface area contributed by atoms with E-state index in [-0.39, 0.29) is 11.3 Å². The summed E-state index contributed by atoms with van der Waals surface area (Å²) in [5, 5.41) is 3.21. The SMILES string of the molecule is COc1ccc2c(c1)C(C)(C)NCC2=O. The lowest BCUT2D eigenvalue weighted by molar-refractivity contribution is 0.0962. The average Bonchev–Trinajstić information content (AvgIpc) is 2.24. The molecule has 1 heterocycles. The van der Waals surface area contributed by atoms with Crippen LogP contribution in [0.2, 0.25) is 0 Å². The second-order valence-electron chi connectivity index (χ2n) is 4.31. The molecule has 2 rings (SSSR count). The molecule has 0 unspecified atom stereocenters. The van der Waals surface area contributed by atoms with Gasteiger partial charge in [0.05, 0.1) is 13.7 Å². The third-order valence-electron chi connectivity index (χ3n) is 2.89. The van der Waals surface area contributed by atoms with E-state index in [1.165, 1.54) is 0 Å². The van der Waals surface area contributed by atoms with Gasteiger partial charge in [-0.1, -0.05) is 0 Å². The van der Waals surface area contributed by atoms with Crippen molar-refractivity contribution < 1.29 is 9.53 Å². The van der Waals surface area contributed by atoms with E-state index < -0.39 is 0 Å². The third-order valence-corrected chi connectivity index (χ3v) is 2.89. The molecule has 3 nitrogen and oxygen atoms in total. The molecular weight excluding hydrogens is 190 g/mol. The molecule has 15 heavy (non-hydrogen) atoms. The number of hydrogen-bond donors (Lipinski definition) is 1. The highest BCUT2D eigenvalue weighted by molar-refractivity contribution is 6.00. The van der Waals surface area contributed by atoms with Gasteiger partial charge < -0.3 is 10.1 Å². The largest absolute Gasteiger partial charge is 0.497 e. The molecule has 0 spiro atoms. The molecule has 0 aromatic heterocycles. The van der Waals surface area contributed by atoms with E-state index in [0.717, 1.165) is 16.9 Å². The Morgan fingerprint density at radius 3 is 2.80 bits per heavy atom. The van der Waals surface area contributed by atoms with E-state index >= 15 is 0 Å². The lowest BCUT2D eigenvalue weighted by Crippen LogP contribution is -2.45. The fourth-order valence-corrected chi connectivity index (χ4v) is 1.90. The topological polar surface area (TPSA) is 38.3 Å². The van der Waals surface area contributed by atoms with Crippen molar-refractivity contribution in [2.45, 2.75) is 19.4 Å². The molecule has 0 atom stereocenters. The number of carbonyl (C=O) groups is 1. The molecule has 0 saturated carbocycles. The molecule has 3 heteroatoms. The highest BCUT2D eigenvalue weighted by atomic mass is 16.5. The summed E-state index contributed by atoms with van der Waals surface area (Å²) in [6.07, 6.45) is 0. The van der Waals surface area contributed by atoms with Crippen LogP contribution in [0.3, 0.4) is 0 Å². The summed E-state index contributed by atoms with van der Waals surface area (Å²) in [6.45, 7) is 4.54. The van der Waals surface area contributed by atoms with Crippen molar-refractivity contribution in [3.05, 3.63) is 29.3 Å². The van der Waals surface area contributed by atoms with Crippen molar-refractivity contribution in [3.63, 3.8) is 0 Å². The lowest BCUT2D eigenvalue weighted by atomic mass is 9.84. The Morgan fingerprint density at radius 1 is 1.40 bits per heavy atom. The van der Waals surface area contributed by atoms with Crippen molar-refractivity contribution in [2.75, 3.05) is 13.7 Å². The fraction of sp³-hybridized carbons (Fsp3) is 0.417. The van der Waals surface area contributed by atoms with Gasteiger partial charge in [0.25, 0.3) is 0 Å². The monoisotopic (exact) mass is 205 g/mol. The van der Waals surface area contributed by atoms with Gasteiger partial charge in [0.2, 0.25) is 0 Å². The van der Waals surface area contributed by atoms with Gasteiger partial charge in [-0.05, 0) is 37.6 Å². The Kier molecular flexibility index (Phi) is 2.27. The number of ketones is 1. The van der Waals surface area contributed by atoms with Crippen LogP contribution in [-0.4, -0.2) is 19.4 Å². The number of rotatable bonds is 1. The first-order valence-electron chi connectivity index (χ1n) is 5.01.